The van der Waals surface area contributed by atoms with Crippen LogP contribution >= 0.6 is 11.3 Å². The van der Waals surface area contributed by atoms with Gasteiger partial charge < -0.3 is 0 Å². The Bertz CT molecular complexity index is 830. The van der Waals surface area contributed by atoms with Crippen molar-refractivity contribution in [1.82, 2.24) is 4.98 Å². The zero-order valence-electron chi connectivity index (χ0n) is 11.9. The molecule has 0 atom stereocenters. The molecule has 0 aliphatic carbocycles. The average molecular weight is 325 g/mol. The summed E-state index contributed by atoms with van der Waals surface area (Å²) in [7, 11) is -1.44. The minimum Gasteiger partial charge on any atom is -0.231 e. The van der Waals surface area contributed by atoms with Crippen molar-refractivity contribution in [3.05, 3.63) is 35.3 Å². The van der Waals surface area contributed by atoms with Crippen LogP contribution in [0.3, 0.4) is 0 Å². The van der Waals surface area contributed by atoms with E-state index < -0.39 is 19.3 Å². The zero-order valence-corrected chi connectivity index (χ0v) is 13.7. The number of aromatic nitrogens is 1. The maximum Gasteiger partial charge on any atom is 0.443 e. The molecule has 0 saturated carbocycles. The summed E-state index contributed by atoms with van der Waals surface area (Å²) < 4.78 is 39.0. The van der Waals surface area contributed by atoms with E-state index in [0.29, 0.717) is 21.6 Å². The van der Waals surface area contributed by atoms with Gasteiger partial charge in [-0.2, -0.15) is 13.2 Å². The highest BCUT2D eigenvalue weighted by Gasteiger charge is 2.35. The second kappa shape index (κ2) is 4.54. The lowest BCUT2D eigenvalue weighted by Gasteiger charge is -2.17. The molecule has 1 nitrogen and oxygen atoms in total. The number of rotatable bonds is 1. The molecular formula is C15H14F3NSSi. The highest BCUT2D eigenvalue weighted by molar-refractivity contribution is 7.18. The van der Waals surface area contributed by atoms with E-state index in [2.05, 4.69) is 30.7 Å². The summed E-state index contributed by atoms with van der Waals surface area (Å²) >= 11 is 0.701. The third-order valence-electron chi connectivity index (χ3n) is 3.48. The molecule has 0 fully saturated rings. The van der Waals surface area contributed by atoms with Crippen molar-refractivity contribution in [2.24, 2.45) is 0 Å². The molecule has 21 heavy (non-hydrogen) atoms. The monoisotopic (exact) mass is 325 g/mol. The molecular weight excluding hydrogens is 311 g/mol. The van der Waals surface area contributed by atoms with Crippen molar-refractivity contribution in [3.8, 4) is 0 Å². The van der Waals surface area contributed by atoms with Gasteiger partial charge in [-0.3, -0.25) is 0 Å². The molecule has 110 valence electrons. The van der Waals surface area contributed by atoms with Gasteiger partial charge in [0.1, 0.15) is 0 Å². The Morgan fingerprint density at radius 3 is 2.38 bits per heavy atom. The van der Waals surface area contributed by atoms with Crippen molar-refractivity contribution in [2.75, 3.05) is 0 Å². The Kier molecular flexibility index (Phi) is 3.14. The molecule has 0 aliphatic heterocycles. The zero-order chi connectivity index (χ0) is 15.4. The van der Waals surface area contributed by atoms with E-state index in [-0.39, 0.29) is 0 Å². The van der Waals surface area contributed by atoms with Crippen molar-refractivity contribution in [2.45, 2.75) is 25.8 Å². The summed E-state index contributed by atoms with van der Waals surface area (Å²) in [5.74, 6) is 0. The van der Waals surface area contributed by atoms with Gasteiger partial charge in [0.25, 0.3) is 0 Å². The lowest BCUT2D eigenvalue weighted by atomic mass is 10.1. The van der Waals surface area contributed by atoms with Gasteiger partial charge >= 0.3 is 6.18 Å². The summed E-state index contributed by atoms with van der Waals surface area (Å²) in [4.78, 5) is 3.81. The first kappa shape index (κ1) is 14.5. The van der Waals surface area contributed by atoms with E-state index in [9.17, 15) is 13.2 Å². The molecule has 1 aromatic heterocycles. The Morgan fingerprint density at radius 1 is 1.05 bits per heavy atom. The van der Waals surface area contributed by atoms with Crippen LogP contribution in [0.2, 0.25) is 19.6 Å². The molecule has 1 heterocycles. The van der Waals surface area contributed by atoms with Gasteiger partial charge in [-0.05, 0) is 11.5 Å². The van der Waals surface area contributed by atoms with Crippen molar-refractivity contribution >= 4 is 45.6 Å². The normalized spacial score (nSPS) is 13.2. The second-order valence-corrected chi connectivity index (χ2v) is 12.2. The third kappa shape index (κ3) is 2.58. The summed E-state index contributed by atoms with van der Waals surface area (Å²) in [5.41, 5.74) is 0.451. The molecule has 0 bridgehead atoms. The topological polar surface area (TPSA) is 12.9 Å². The van der Waals surface area contributed by atoms with E-state index in [1.165, 1.54) is 5.19 Å². The van der Waals surface area contributed by atoms with E-state index in [1.807, 2.05) is 18.2 Å². The molecule has 0 spiro atoms. The van der Waals surface area contributed by atoms with Gasteiger partial charge in [-0.25, -0.2) is 4.98 Å². The molecule has 0 aliphatic rings. The Balaban J connectivity index is 2.27. The highest BCUT2D eigenvalue weighted by Crippen LogP contribution is 2.37. The fourth-order valence-electron chi connectivity index (χ4n) is 2.31. The van der Waals surface area contributed by atoms with Crippen molar-refractivity contribution in [1.29, 1.82) is 0 Å². The van der Waals surface area contributed by atoms with E-state index in [1.54, 1.807) is 6.07 Å². The minimum atomic E-state index is -4.38. The standard InChI is InChI=1S/C15H14F3NSSi/c1-21(2,3)10-5-6-11-9(8-10)4-7-12-13(11)19-14(20-12)15(16,17)18/h4-8H,1-3H3. The maximum absolute atomic E-state index is 12.8. The number of hydrogen-bond donors (Lipinski definition) is 0. The highest BCUT2D eigenvalue weighted by atomic mass is 32.1. The predicted octanol–water partition coefficient (Wildman–Crippen LogP) is 5.01. The molecule has 6 heteroatoms. The quantitative estimate of drug-likeness (QED) is 0.573. The second-order valence-electron chi connectivity index (χ2n) is 6.11. The van der Waals surface area contributed by atoms with E-state index >= 15 is 0 Å². The number of alkyl halides is 3. The summed E-state index contributed by atoms with van der Waals surface area (Å²) in [5, 5.41) is 2.27. The molecule has 2 aromatic carbocycles. The maximum atomic E-state index is 12.8. The van der Waals surface area contributed by atoms with E-state index in [4.69, 9.17) is 0 Å². The van der Waals surface area contributed by atoms with Crippen LogP contribution in [0.4, 0.5) is 13.2 Å². The summed E-state index contributed by atoms with van der Waals surface area (Å²) in [6.07, 6.45) is -4.38. The number of hydrogen-bond acceptors (Lipinski definition) is 2. The Hall–Kier alpha value is -1.40. The van der Waals surface area contributed by atoms with Gasteiger partial charge in [-0.1, -0.05) is 49.1 Å². The Labute approximate surface area is 125 Å². The number of benzene rings is 2. The average Bonchev–Trinajstić information content (AvgIpc) is 2.81. The van der Waals surface area contributed by atoms with Gasteiger partial charge in [0, 0.05) is 5.39 Å². The van der Waals surface area contributed by atoms with Crippen LogP contribution in [-0.2, 0) is 6.18 Å². The van der Waals surface area contributed by atoms with E-state index in [0.717, 1.165) is 10.8 Å². The van der Waals surface area contributed by atoms with Crippen LogP contribution in [0.1, 0.15) is 5.01 Å². The van der Waals surface area contributed by atoms with Gasteiger partial charge in [0.15, 0.2) is 5.01 Å². The molecule has 3 aromatic rings. The first-order chi connectivity index (χ1) is 9.66. The number of fused-ring (bicyclic) bond motifs is 3. The largest absolute Gasteiger partial charge is 0.443 e. The fraction of sp³-hybridized carbons (Fsp3) is 0.267. The lowest BCUT2D eigenvalue weighted by Crippen LogP contribution is -2.37. The Morgan fingerprint density at radius 2 is 1.76 bits per heavy atom. The number of halogens is 3. The molecule has 3 rings (SSSR count). The first-order valence-electron chi connectivity index (χ1n) is 6.57. The van der Waals surface area contributed by atoms with Crippen LogP contribution in [0.25, 0.3) is 21.0 Å². The van der Waals surface area contributed by atoms with Crippen LogP contribution in [0.15, 0.2) is 30.3 Å². The van der Waals surface area contributed by atoms with Crippen molar-refractivity contribution < 1.29 is 13.2 Å². The van der Waals surface area contributed by atoms with Crippen LogP contribution in [-0.4, -0.2) is 13.1 Å². The molecule has 0 amide bonds. The SMILES string of the molecule is C[Si](C)(C)c1ccc2c(ccc3sc(C(F)(F)F)nc32)c1. The number of thiazole rings is 1. The molecule has 0 saturated heterocycles. The third-order valence-corrected chi connectivity index (χ3v) is 6.59. The molecule has 0 unspecified atom stereocenters. The minimum absolute atomic E-state index is 0.451. The predicted molar refractivity (Wildman–Crippen MR) is 85.1 cm³/mol. The van der Waals surface area contributed by atoms with Crippen molar-refractivity contribution in [3.63, 3.8) is 0 Å². The molecule has 0 radical (unpaired) electrons. The van der Waals surface area contributed by atoms with Gasteiger partial charge in [0.2, 0.25) is 0 Å². The van der Waals surface area contributed by atoms with Gasteiger partial charge in [-0.15, -0.1) is 11.3 Å². The smallest absolute Gasteiger partial charge is 0.231 e. The van der Waals surface area contributed by atoms with Gasteiger partial charge in [0.05, 0.1) is 18.3 Å². The first-order valence-corrected chi connectivity index (χ1v) is 10.9. The summed E-state index contributed by atoms with van der Waals surface area (Å²) in [6, 6.07) is 9.65. The fourth-order valence-corrected chi connectivity index (χ4v) is 4.33. The van der Waals surface area contributed by atoms with Crippen LogP contribution in [0, 0.1) is 0 Å². The summed E-state index contributed by atoms with van der Waals surface area (Å²) in [6.45, 7) is 6.74. The number of nitrogens with zero attached hydrogens (tertiary/aromatic N) is 1. The molecule has 0 N–H and O–H groups in total. The lowest BCUT2D eigenvalue weighted by molar-refractivity contribution is -0.137. The van der Waals surface area contributed by atoms with Crippen LogP contribution in [0.5, 0.6) is 0 Å². The van der Waals surface area contributed by atoms with Crippen LogP contribution < -0.4 is 5.19 Å².